The van der Waals surface area contributed by atoms with Crippen LogP contribution in [0, 0.1) is 0 Å². The van der Waals surface area contributed by atoms with Gasteiger partial charge in [-0.15, -0.1) is 0 Å². The molecule has 1 N–H and O–H groups in total. The number of nitrogens with zero attached hydrogens (tertiary/aromatic N) is 2. The van der Waals surface area contributed by atoms with E-state index in [-0.39, 0.29) is 21.2 Å². The van der Waals surface area contributed by atoms with Gasteiger partial charge in [0.1, 0.15) is 0 Å². The van der Waals surface area contributed by atoms with E-state index in [2.05, 4.69) is 0 Å². The predicted molar refractivity (Wildman–Crippen MR) is 136 cm³/mol. The monoisotopic (exact) mass is 508 g/mol. The van der Waals surface area contributed by atoms with Gasteiger partial charge in [-0.05, 0) is 48.0 Å². The lowest BCUT2D eigenvalue weighted by molar-refractivity contribution is -0.132. The van der Waals surface area contributed by atoms with Crippen LogP contribution < -0.4 is 11.2 Å². The second kappa shape index (κ2) is 9.74. The number of benzene rings is 3. The van der Waals surface area contributed by atoms with E-state index < -0.39 is 29.4 Å². The fourth-order valence-electron chi connectivity index (χ4n) is 3.77. The van der Waals surface area contributed by atoms with Crippen LogP contribution in [0.2, 0.25) is 10.0 Å². The maximum absolute atomic E-state index is 13.0. The Morgan fingerprint density at radius 1 is 0.914 bits per heavy atom. The molecule has 0 radical (unpaired) electrons. The first-order valence-corrected chi connectivity index (χ1v) is 11.2. The number of rotatable bonds is 6. The van der Waals surface area contributed by atoms with Crippen molar-refractivity contribution in [3.05, 3.63) is 114 Å². The lowest BCUT2D eigenvalue weighted by Gasteiger charge is -2.11. The summed E-state index contributed by atoms with van der Waals surface area (Å²) < 4.78 is 2.44. The Balaban J connectivity index is 1.70. The van der Waals surface area contributed by atoms with Crippen molar-refractivity contribution < 1.29 is 14.7 Å². The van der Waals surface area contributed by atoms with Gasteiger partial charge in [0, 0.05) is 19.0 Å². The Morgan fingerprint density at radius 3 is 2.17 bits per heavy atom. The highest BCUT2D eigenvalue weighted by Gasteiger charge is 2.19. The molecule has 7 nitrogen and oxygen atoms in total. The van der Waals surface area contributed by atoms with Gasteiger partial charge in [-0.1, -0.05) is 53.5 Å². The smallest absolute Gasteiger partial charge is 0.335 e. The third-order valence-electron chi connectivity index (χ3n) is 5.54. The molecular weight excluding hydrogens is 491 g/mol. The highest BCUT2D eigenvalue weighted by molar-refractivity contribution is 6.40. The SMILES string of the molecule is Cn1c(=O)n(-c2ccc(/C=C(\CC(=O)c3c(Cl)cccc3Cl)C(=O)O)cc2)c(=O)c2ccccc21. The minimum atomic E-state index is -1.27. The van der Waals surface area contributed by atoms with Gasteiger partial charge in [0.05, 0.1) is 32.2 Å². The third-order valence-corrected chi connectivity index (χ3v) is 6.17. The van der Waals surface area contributed by atoms with E-state index >= 15 is 0 Å². The summed E-state index contributed by atoms with van der Waals surface area (Å²) in [5, 5.41) is 10.3. The first-order chi connectivity index (χ1) is 16.7. The maximum Gasteiger partial charge on any atom is 0.335 e. The predicted octanol–water partition coefficient (Wildman–Crippen LogP) is 4.74. The number of para-hydroxylation sites is 1. The van der Waals surface area contributed by atoms with E-state index in [0.717, 1.165) is 4.57 Å². The molecule has 9 heteroatoms. The van der Waals surface area contributed by atoms with Gasteiger partial charge < -0.3 is 5.11 Å². The van der Waals surface area contributed by atoms with Crippen molar-refractivity contribution in [2.45, 2.75) is 6.42 Å². The molecule has 0 aliphatic heterocycles. The molecule has 4 aromatic rings. The number of carbonyl (C=O) groups is 2. The molecule has 0 saturated heterocycles. The molecule has 0 bridgehead atoms. The number of aliphatic carboxylic acids is 1. The lowest BCUT2D eigenvalue weighted by atomic mass is 10.0. The summed E-state index contributed by atoms with van der Waals surface area (Å²) in [6, 6.07) is 17.6. The van der Waals surface area contributed by atoms with Gasteiger partial charge in [0.25, 0.3) is 5.56 Å². The fraction of sp³-hybridized carbons (Fsp3) is 0.0769. The Bertz CT molecular complexity index is 1610. The van der Waals surface area contributed by atoms with E-state index in [9.17, 15) is 24.3 Å². The Labute approximate surface area is 209 Å². The highest BCUT2D eigenvalue weighted by atomic mass is 35.5. The number of Topliss-reactive ketones (excluding diaryl/α,β-unsaturated/α-hetero) is 1. The first-order valence-electron chi connectivity index (χ1n) is 10.4. The highest BCUT2D eigenvalue weighted by Crippen LogP contribution is 2.27. The molecule has 0 aliphatic carbocycles. The molecule has 0 saturated carbocycles. The first kappa shape index (κ1) is 24.2. The number of fused-ring (bicyclic) bond motifs is 1. The van der Waals surface area contributed by atoms with Crippen LogP contribution in [-0.2, 0) is 11.8 Å². The number of carboxylic acids is 1. The maximum atomic E-state index is 13.0. The average Bonchev–Trinajstić information content (AvgIpc) is 2.83. The van der Waals surface area contributed by atoms with Crippen LogP contribution in [0.3, 0.4) is 0 Å². The van der Waals surface area contributed by atoms with Crippen LogP contribution in [0.25, 0.3) is 22.7 Å². The molecule has 1 aromatic heterocycles. The molecule has 0 atom stereocenters. The van der Waals surface area contributed by atoms with E-state index in [0.29, 0.717) is 22.2 Å². The summed E-state index contributed by atoms with van der Waals surface area (Å²) in [5.41, 5.74) is 0.241. The van der Waals surface area contributed by atoms with Crippen molar-refractivity contribution in [3.63, 3.8) is 0 Å². The molecule has 35 heavy (non-hydrogen) atoms. The van der Waals surface area contributed by atoms with Crippen molar-refractivity contribution in [2.75, 3.05) is 0 Å². The Hall–Kier alpha value is -3.94. The molecule has 0 spiro atoms. The van der Waals surface area contributed by atoms with Crippen molar-refractivity contribution in [3.8, 4) is 5.69 Å². The summed E-state index contributed by atoms with van der Waals surface area (Å²) in [4.78, 5) is 50.3. The molecule has 0 amide bonds. The summed E-state index contributed by atoms with van der Waals surface area (Å²) in [7, 11) is 1.58. The Kier molecular flexibility index (Phi) is 6.73. The summed E-state index contributed by atoms with van der Waals surface area (Å²) in [5.74, 6) is -1.80. The summed E-state index contributed by atoms with van der Waals surface area (Å²) in [6.07, 6.45) is 0.918. The van der Waals surface area contributed by atoms with Crippen molar-refractivity contribution in [1.82, 2.24) is 9.13 Å². The van der Waals surface area contributed by atoms with E-state index in [1.807, 2.05) is 0 Å². The summed E-state index contributed by atoms with van der Waals surface area (Å²) in [6.45, 7) is 0. The van der Waals surface area contributed by atoms with Gasteiger partial charge in [-0.25, -0.2) is 14.2 Å². The van der Waals surface area contributed by atoms with E-state index in [1.165, 1.54) is 34.9 Å². The molecule has 176 valence electrons. The van der Waals surface area contributed by atoms with E-state index in [4.69, 9.17) is 23.2 Å². The zero-order valence-corrected chi connectivity index (χ0v) is 19.9. The normalized spacial score (nSPS) is 11.6. The minimum absolute atomic E-state index is 0.0601. The number of halogens is 2. The summed E-state index contributed by atoms with van der Waals surface area (Å²) >= 11 is 12.1. The third kappa shape index (κ3) is 4.69. The second-order valence-electron chi connectivity index (χ2n) is 7.76. The number of carbonyl (C=O) groups excluding carboxylic acids is 1. The van der Waals surface area contributed by atoms with Crippen LogP contribution in [0.15, 0.2) is 81.9 Å². The second-order valence-corrected chi connectivity index (χ2v) is 8.58. The van der Waals surface area contributed by atoms with Gasteiger partial charge in [0.2, 0.25) is 0 Å². The largest absolute Gasteiger partial charge is 0.478 e. The van der Waals surface area contributed by atoms with Gasteiger partial charge in [0.15, 0.2) is 5.78 Å². The van der Waals surface area contributed by atoms with E-state index in [1.54, 1.807) is 49.5 Å². The molecule has 0 aliphatic rings. The number of aryl methyl sites for hydroxylation is 1. The van der Waals surface area contributed by atoms with Gasteiger partial charge in [-0.3, -0.25) is 14.2 Å². The Morgan fingerprint density at radius 2 is 1.54 bits per heavy atom. The zero-order chi connectivity index (χ0) is 25.3. The van der Waals surface area contributed by atoms with Gasteiger partial charge >= 0.3 is 11.7 Å². The molecular formula is C26H18Cl2N2O5. The fourth-order valence-corrected chi connectivity index (χ4v) is 4.38. The molecule has 4 rings (SSSR count). The molecule has 1 heterocycles. The van der Waals surface area contributed by atoms with Crippen LogP contribution in [-0.4, -0.2) is 26.0 Å². The number of hydrogen-bond acceptors (Lipinski definition) is 4. The van der Waals surface area contributed by atoms with Crippen LogP contribution in [0.5, 0.6) is 0 Å². The minimum Gasteiger partial charge on any atom is -0.478 e. The number of carboxylic acid groups (broad SMARTS) is 1. The molecule has 0 unspecified atom stereocenters. The molecule has 0 fully saturated rings. The number of ketones is 1. The van der Waals surface area contributed by atoms with Crippen LogP contribution >= 0.6 is 23.2 Å². The van der Waals surface area contributed by atoms with Crippen LogP contribution in [0.1, 0.15) is 22.3 Å². The topological polar surface area (TPSA) is 98.4 Å². The van der Waals surface area contributed by atoms with Crippen molar-refractivity contribution in [2.24, 2.45) is 7.05 Å². The van der Waals surface area contributed by atoms with Crippen molar-refractivity contribution >= 4 is 51.9 Å². The van der Waals surface area contributed by atoms with Crippen LogP contribution in [0.4, 0.5) is 0 Å². The number of aromatic nitrogens is 2. The van der Waals surface area contributed by atoms with Crippen molar-refractivity contribution in [1.29, 1.82) is 0 Å². The zero-order valence-electron chi connectivity index (χ0n) is 18.4. The number of hydrogen-bond donors (Lipinski definition) is 1. The van der Waals surface area contributed by atoms with Gasteiger partial charge in [-0.2, -0.15) is 0 Å². The standard InChI is InChI=1S/C26H18Cl2N2O5/c1-29-21-8-3-2-5-18(21)24(32)30(26(29)35)17-11-9-15(10-12-17)13-16(25(33)34)14-22(31)23-19(27)6-4-7-20(23)28/h2-13H,14H2,1H3,(H,33,34)/b16-13+. The molecule has 3 aromatic carbocycles. The lowest BCUT2D eigenvalue weighted by Crippen LogP contribution is -2.37. The average molecular weight is 509 g/mol. The quantitative estimate of drug-likeness (QED) is 0.299.